The molecule has 1 saturated heterocycles. The number of benzene rings is 1. The Bertz CT molecular complexity index is 818. The van der Waals surface area contributed by atoms with Crippen LogP contribution >= 0.6 is 0 Å². The summed E-state index contributed by atoms with van der Waals surface area (Å²) in [5.41, 5.74) is 6.39. The Hall–Kier alpha value is -2.40. The van der Waals surface area contributed by atoms with Crippen LogP contribution in [-0.2, 0) is 11.2 Å². The van der Waals surface area contributed by atoms with Crippen molar-refractivity contribution in [3.8, 4) is 0 Å². The first-order valence-corrected chi connectivity index (χ1v) is 10.2. The van der Waals surface area contributed by atoms with Gasteiger partial charge in [0, 0.05) is 32.0 Å². The summed E-state index contributed by atoms with van der Waals surface area (Å²) in [6.45, 7) is 12.5. The number of nitrogens with one attached hydrogen (secondary N) is 1. The van der Waals surface area contributed by atoms with Crippen molar-refractivity contribution in [3.05, 3.63) is 64.5 Å². The molecule has 0 aliphatic carbocycles. The number of morpholine rings is 1. The Morgan fingerprint density at radius 3 is 2.86 bits per heavy atom. The summed E-state index contributed by atoms with van der Waals surface area (Å²) >= 11 is 0. The molecule has 0 spiro atoms. The fraction of sp³-hybridized carbons (Fsp3) is 0.478. The zero-order chi connectivity index (χ0) is 19.9. The van der Waals surface area contributed by atoms with Crippen LogP contribution in [0.2, 0.25) is 0 Å². The molecular formula is C23H32N4O. The molecule has 5 heteroatoms. The second kappa shape index (κ2) is 9.69. The second-order valence-corrected chi connectivity index (χ2v) is 7.45. The van der Waals surface area contributed by atoms with Crippen molar-refractivity contribution in [1.82, 2.24) is 15.2 Å². The minimum absolute atomic E-state index is 0.0839. The van der Waals surface area contributed by atoms with Crippen LogP contribution in [0.25, 0.3) is 0 Å². The van der Waals surface area contributed by atoms with Crippen LogP contribution in [0.4, 0.5) is 0 Å². The molecule has 1 unspecified atom stereocenters. The van der Waals surface area contributed by atoms with Crippen LogP contribution in [-0.4, -0.2) is 48.6 Å². The highest BCUT2D eigenvalue weighted by atomic mass is 16.5. The SMILES string of the molecule is CCNC(=NCCc1ccncc1C)N1CCOC(c2ccc(C)cc2C)C1. The van der Waals surface area contributed by atoms with Crippen LogP contribution in [0, 0.1) is 20.8 Å². The lowest BCUT2D eigenvalue weighted by atomic mass is 10.00. The molecule has 1 aromatic carbocycles. The second-order valence-electron chi connectivity index (χ2n) is 7.45. The van der Waals surface area contributed by atoms with Gasteiger partial charge in [0.25, 0.3) is 0 Å². The Balaban J connectivity index is 1.69. The van der Waals surface area contributed by atoms with E-state index in [4.69, 9.17) is 9.73 Å². The van der Waals surface area contributed by atoms with E-state index in [1.165, 1.54) is 27.8 Å². The van der Waals surface area contributed by atoms with E-state index >= 15 is 0 Å². The lowest BCUT2D eigenvalue weighted by molar-refractivity contribution is -0.00832. The van der Waals surface area contributed by atoms with E-state index in [9.17, 15) is 0 Å². The first-order valence-electron chi connectivity index (χ1n) is 10.2. The monoisotopic (exact) mass is 380 g/mol. The third kappa shape index (κ3) is 5.10. The van der Waals surface area contributed by atoms with Crippen molar-refractivity contribution in [2.45, 2.75) is 40.2 Å². The summed E-state index contributed by atoms with van der Waals surface area (Å²) in [5.74, 6) is 0.979. The van der Waals surface area contributed by atoms with Gasteiger partial charge in [-0.15, -0.1) is 0 Å². The molecule has 5 nitrogen and oxygen atoms in total. The zero-order valence-electron chi connectivity index (χ0n) is 17.5. The fourth-order valence-electron chi connectivity index (χ4n) is 3.71. The summed E-state index contributed by atoms with van der Waals surface area (Å²) < 4.78 is 6.10. The minimum atomic E-state index is 0.0839. The van der Waals surface area contributed by atoms with E-state index in [-0.39, 0.29) is 6.10 Å². The number of hydrogen-bond acceptors (Lipinski definition) is 3. The van der Waals surface area contributed by atoms with Crippen LogP contribution in [0.15, 0.2) is 41.7 Å². The molecule has 2 aromatic rings. The van der Waals surface area contributed by atoms with Gasteiger partial charge < -0.3 is 15.0 Å². The van der Waals surface area contributed by atoms with Gasteiger partial charge >= 0.3 is 0 Å². The van der Waals surface area contributed by atoms with Crippen molar-refractivity contribution < 1.29 is 4.74 Å². The molecule has 1 fully saturated rings. The van der Waals surface area contributed by atoms with E-state index in [0.717, 1.165) is 38.6 Å². The molecule has 2 heterocycles. The predicted octanol–water partition coefficient (Wildman–Crippen LogP) is 3.59. The largest absolute Gasteiger partial charge is 0.370 e. The molecule has 1 aliphatic rings. The Morgan fingerprint density at radius 1 is 1.25 bits per heavy atom. The quantitative estimate of drug-likeness (QED) is 0.636. The molecule has 1 aliphatic heterocycles. The molecule has 0 amide bonds. The molecule has 1 N–H and O–H groups in total. The fourth-order valence-corrected chi connectivity index (χ4v) is 3.71. The van der Waals surface area contributed by atoms with E-state index in [1.54, 1.807) is 0 Å². The first-order chi connectivity index (χ1) is 13.6. The number of pyridine rings is 1. The number of nitrogens with zero attached hydrogens (tertiary/aromatic N) is 3. The normalized spacial score (nSPS) is 17.6. The maximum Gasteiger partial charge on any atom is 0.194 e. The van der Waals surface area contributed by atoms with Gasteiger partial charge in [-0.05, 0) is 62.4 Å². The van der Waals surface area contributed by atoms with Crippen LogP contribution < -0.4 is 5.32 Å². The van der Waals surface area contributed by atoms with E-state index < -0.39 is 0 Å². The van der Waals surface area contributed by atoms with Crippen LogP contribution in [0.5, 0.6) is 0 Å². The topological polar surface area (TPSA) is 49.8 Å². The Kier molecular flexibility index (Phi) is 7.04. The highest BCUT2D eigenvalue weighted by Crippen LogP contribution is 2.26. The standard InChI is InChI=1S/C23H32N4O/c1-5-25-23(26-11-9-20-8-10-24-15-19(20)4)27-12-13-28-22(16-27)21-7-6-17(2)14-18(21)3/h6-8,10,14-15,22H,5,9,11-13,16H2,1-4H3,(H,25,26). The van der Waals surface area contributed by atoms with Gasteiger partial charge in [0.1, 0.15) is 6.10 Å². The summed E-state index contributed by atoms with van der Waals surface area (Å²) in [5, 5.41) is 3.46. The first kappa shape index (κ1) is 20.3. The molecule has 0 radical (unpaired) electrons. The summed E-state index contributed by atoms with van der Waals surface area (Å²) in [7, 11) is 0. The minimum Gasteiger partial charge on any atom is -0.370 e. The molecule has 3 rings (SSSR count). The molecule has 0 bridgehead atoms. The molecule has 150 valence electrons. The molecular weight excluding hydrogens is 348 g/mol. The van der Waals surface area contributed by atoms with Gasteiger partial charge in [0.2, 0.25) is 0 Å². The van der Waals surface area contributed by atoms with Crippen molar-refractivity contribution in [3.63, 3.8) is 0 Å². The van der Waals surface area contributed by atoms with E-state index in [0.29, 0.717) is 6.61 Å². The Labute approximate surface area is 168 Å². The van der Waals surface area contributed by atoms with Crippen molar-refractivity contribution in [2.75, 3.05) is 32.8 Å². The number of ether oxygens (including phenoxy) is 1. The average Bonchev–Trinajstić information content (AvgIpc) is 2.69. The summed E-state index contributed by atoms with van der Waals surface area (Å²) in [4.78, 5) is 11.4. The summed E-state index contributed by atoms with van der Waals surface area (Å²) in [6.07, 6.45) is 4.78. The number of aryl methyl sites for hydroxylation is 3. The third-order valence-corrected chi connectivity index (χ3v) is 5.25. The maximum atomic E-state index is 6.10. The summed E-state index contributed by atoms with van der Waals surface area (Å²) in [6, 6.07) is 8.69. The van der Waals surface area contributed by atoms with Gasteiger partial charge in [0.15, 0.2) is 5.96 Å². The average molecular weight is 381 g/mol. The van der Waals surface area contributed by atoms with Gasteiger partial charge in [-0.25, -0.2) is 0 Å². The highest BCUT2D eigenvalue weighted by Gasteiger charge is 2.25. The van der Waals surface area contributed by atoms with E-state index in [2.05, 4.69) is 67.2 Å². The number of hydrogen-bond donors (Lipinski definition) is 1. The molecule has 28 heavy (non-hydrogen) atoms. The third-order valence-electron chi connectivity index (χ3n) is 5.25. The van der Waals surface area contributed by atoms with Crippen LogP contribution in [0.3, 0.4) is 0 Å². The highest BCUT2D eigenvalue weighted by molar-refractivity contribution is 5.80. The number of aromatic nitrogens is 1. The molecule has 1 aromatic heterocycles. The van der Waals surface area contributed by atoms with Gasteiger partial charge in [-0.3, -0.25) is 9.98 Å². The predicted molar refractivity (Wildman–Crippen MR) is 115 cm³/mol. The van der Waals surface area contributed by atoms with Gasteiger partial charge in [0.05, 0.1) is 13.2 Å². The van der Waals surface area contributed by atoms with E-state index in [1.807, 2.05) is 12.4 Å². The van der Waals surface area contributed by atoms with Gasteiger partial charge in [-0.2, -0.15) is 0 Å². The molecule has 0 saturated carbocycles. The lowest BCUT2D eigenvalue weighted by Crippen LogP contribution is -2.48. The Morgan fingerprint density at radius 2 is 2.11 bits per heavy atom. The zero-order valence-corrected chi connectivity index (χ0v) is 17.5. The van der Waals surface area contributed by atoms with Crippen molar-refractivity contribution >= 4 is 5.96 Å². The number of guanidine groups is 1. The maximum absolute atomic E-state index is 6.10. The molecule has 1 atom stereocenters. The van der Waals surface area contributed by atoms with Crippen LogP contribution in [0.1, 0.15) is 40.8 Å². The van der Waals surface area contributed by atoms with Crippen molar-refractivity contribution in [1.29, 1.82) is 0 Å². The smallest absolute Gasteiger partial charge is 0.194 e. The number of rotatable bonds is 5. The lowest BCUT2D eigenvalue weighted by Gasteiger charge is -2.36. The van der Waals surface area contributed by atoms with Crippen molar-refractivity contribution in [2.24, 2.45) is 4.99 Å². The van der Waals surface area contributed by atoms with Gasteiger partial charge in [-0.1, -0.05) is 23.8 Å². The number of aliphatic imine (C=N–C) groups is 1.